The number of hydrogen-bond donors (Lipinski definition) is 2. The number of carbonyl (C=O) groups is 2. The summed E-state index contributed by atoms with van der Waals surface area (Å²) in [4.78, 5) is 28.0. The number of ether oxygens (including phenoxy) is 3. The number of rotatable bonds is 7. The molecule has 3 N–H and O–H groups in total. The van der Waals surface area contributed by atoms with E-state index in [4.69, 9.17) is 14.2 Å². The van der Waals surface area contributed by atoms with Crippen LogP contribution in [0.25, 0.3) is 6.08 Å². The van der Waals surface area contributed by atoms with Gasteiger partial charge in [-0.25, -0.2) is 4.98 Å². The van der Waals surface area contributed by atoms with E-state index in [9.17, 15) is 9.59 Å². The second kappa shape index (κ2) is 9.18. The van der Waals surface area contributed by atoms with Crippen molar-refractivity contribution in [3.8, 4) is 17.2 Å². The van der Waals surface area contributed by atoms with Crippen LogP contribution < -0.4 is 29.9 Å². The van der Waals surface area contributed by atoms with Gasteiger partial charge in [0, 0.05) is 6.92 Å². The number of nitrogens with zero attached hydrogens (tertiary/aromatic N) is 1. The smallest absolute Gasteiger partial charge is 0.357 e. The fourth-order valence-corrected chi connectivity index (χ4v) is 4.37. The normalized spacial score (nSPS) is 16.0. The highest BCUT2D eigenvalue weighted by Crippen LogP contribution is 2.39. The first-order chi connectivity index (χ1) is 14.4. The number of aromatic amines is 1. The molecule has 9 nitrogen and oxygen atoms in total. The fourth-order valence-electron chi connectivity index (χ4n) is 2.74. The highest BCUT2D eigenvalue weighted by molar-refractivity contribution is 8.18. The number of benzene rings is 1. The van der Waals surface area contributed by atoms with Gasteiger partial charge in [0.2, 0.25) is 10.9 Å². The van der Waals surface area contributed by atoms with Crippen LogP contribution in [0.5, 0.6) is 17.2 Å². The number of hydrogen-bond acceptors (Lipinski definition) is 9. The zero-order valence-corrected chi connectivity index (χ0v) is 18.7. The third-order valence-electron chi connectivity index (χ3n) is 4.06. The predicted octanol–water partition coefficient (Wildman–Crippen LogP) is 2.69. The maximum Gasteiger partial charge on any atom is 0.357 e. The molecule has 30 heavy (non-hydrogen) atoms. The van der Waals surface area contributed by atoms with Crippen molar-refractivity contribution in [1.82, 2.24) is 5.32 Å². The first kappa shape index (κ1) is 21.7. The SMILES string of the molecule is COc1cc(/C=C2/S/C(=N\Nc3[nH+]c(C)c(C(C)=O)s3)NC2=O)cc(OC)c1OC. The van der Waals surface area contributed by atoms with Crippen LogP contribution in [0.2, 0.25) is 0 Å². The number of thioether (sulfide) groups is 1. The Morgan fingerprint density at radius 1 is 1.20 bits per heavy atom. The van der Waals surface area contributed by atoms with E-state index in [1.54, 1.807) is 18.2 Å². The van der Waals surface area contributed by atoms with Gasteiger partial charge in [-0.05, 0) is 53.8 Å². The molecule has 1 aromatic heterocycles. The first-order valence-electron chi connectivity index (χ1n) is 8.74. The summed E-state index contributed by atoms with van der Waals surface area (Å²) in [7, 11) is 4.59. The van der Waals surface area contributed by atoms with Gasteiger partial charge < -0.3 is 14.2 Å². The fraction of sp³-hybridized carbons (Fsp3) is 0.263. The van der Waals surface area contributed by atoms with Crippen LogP contribution in [0.1, 0.15) is 27.9 Å². The van der Waals surface area contributed by atoms with Crippen molar-refractivity contribution in [1.29, 1.82) is 0 Å². The topological polar surface area (TPSA) is 112 Å². The van der Waals surface area contributed by atoms with Gasteiger partial charge >= 0.3 is 5.13 Å². The number of Topliss-reactive ketones (excluding diaryl/α,β-unsaturated/α-hetero) is 1. The van der Waals surface area contributed by atoms with E-state index in [0.29, 0.717) is 42.9 Å². The lowest BCUT2D eigenvalue weighted by molar-refractivity contribution is -0.364. The third-order valence-corrected chi connectivity index (χ3v) is 6.17. The summed E-state index contributed by atoms with van der Waals surface area (Å²) in [6.07, 6.45) is 1.71. The lowest BCUT2D eigenvalue weighted by atomic mass is 10.1. The Kier molecular flexibility index (Phi) is 6.63. The van der Waals surface area contributed by atoms with Crippen molar-refractivity contribution >= 4 is 51.2 Å². The van der Waals surface area contributed by atoms with Crippen LogP contribution in [-0.4, -0.2) is 38.2 Å². The molecule has 0 spiro atoms. The van der Waals surface area contributed by atoms with Crippen molar-refractivity contribution < 1.29 is 28.8 Å². The molecular formula is C19H21N4O5S2+. The number of amides is 1. The molecule has 1 saturated heterocycles. The molecule has 0 bridgehead atoms. The molecule has 1 aliphatic heterocycles. The van der Waals surface area contributed by atoms with E-state index in [1.165, 1.54) is 51.4 Å². The summed E-state index contributed by atoms with van der Waals surface area (Å²) < 4.78 is 16.0. The zero-order chi connectivity index (χ0) is 21.8. The Morgan fingerprint density at radius 3 is 2.40 bits per heavy atom. The number of ketones is 1. The number of carbonyl (C=O) groups excluding carboxylic acids is 2. The van der Waals surface area contributed by atoms with E-state index < -0.39 is 0 Å². The van der Waals surface area contributed by atoms with E-state index in [-0.39, 0.29) is 11.7 Å². The molecule has 0 aliphatic carbocycles. The molecule has 1 aromatic carbocycles. The quantitative estimate of drug-likeness (QED) is 0.380. The van der Waals surface area contributed by atoms with Crippen LogP contribution >= 0.6 is 23.1 Å². The standard InChI is InChI=1S/C19H20N4O5S2/c1-9-16(10(2)24)30-18(20-9)22-23-19-21-17(25)14(29-19)8-11-6-12(26-3)15(28-5)13(7-11)27-4/h6-8H,1-5H3,(H,20,22)(H,21,23,25)/p+1/b14-8+. The van der Waals surface area contributed by atoms with Gasteiger partial charge in [-0.15, -0.1) is 5.43 Å². The van der Waals surface area contributed by atoms with Crippen molar-refractivity contribution in [2.75, 3.05) is 26.8 Å². The van der Waals surface area contributed by atoms with E-state index >= 15 is 0 Å². The summed E-state index contributed by atoms with van der Waals surface area (Å²) in [6, 6.07) is 3.50. The number of anilines is 1. The third kappa shape index (κ3) is 4.57. The molecular weight excluding hydrogens is 428 g/mol. The number of H-pyrrole nitrogens is 1. The van der Waals surface area contributed by atoms with Crippen LogP contribution in [0, 0.1) is 6.92 Å². The number of thiazole rings is 1. The number of aromatic nitrogens is 1. The van der Waals surface area contributed by atoms with E-state index in [0.717, 1.165) is 5.69 Å². The van der Waals surface area contributed by atoms with Crippen LogP contribution in [0.4, 0.5) is 5.13 Å². The highest BCUT2D eigenvalue weighted by Gasteiger charge is 2.26. The summed E-state index contributed by atoms with van der Waals surface area (Å²) in [5.74, 6) is 1.17. The molecule has 2 heterocycles. The monoisotopic (exact) mass is 449 g/mol. The van der Waals surface area contributed by atoms with Gasteiger partial charge in [-0.3, -0.25) is 14.9 Å². The summed E-state index contributed by atoms with van der Waals surface area (Å²) >= 11 is 2.45. The Bertz CT molecular complexity index is 1040. The van der Waals surface area contributed by atoms with Gasteiger partial charge in [0.25, 0.3) is 5.91 Å². The molecule has 1 aliphatic rings. The summed E-state index contributed by atoms with van der Waals surface area (Å²) in [6.45, 7) is 3.32. The molecule has 3 rings (SSSR count). The Morgan fingerprint density at radius 2 is 1.87 bits per heavy atom. The first-order valence-corrected chi connectivity index (χ1v) is 10.4. The predicted molar refractivity (Wildman–Crippen MR) is 116 cm³/mol. The molecule has 11 heteroatoms. The lowest BCUT2D eigenvalue weighted by Crippen LogP contribution is -2.21. The minimum absolute atomic E-state index is 0.0198. The van der Waals surface area contributed by atoms with Crippen molar-refractivity contribution in [2.45, 2.75) is 13.8 Å². The van der Waals surface area contributed by atoms with Gasteiger partial charge in [0.15, 0.2) is 17.3 Å². The maximum absolute atomic E-state index is 12.3. The zero-order valence-electron chi connectivity index (χ0n) is 17.0. The molecule has 158 valence electrons. The van der Waals surface area contributed by atoms with Gasteiger partial charge in [0.05, 0.1) is 26.2 Å². The summed E-state index contributed by atoms with van der Waals surface area (Å²) in [5, 5.41) is 7.89. The summed E-state index contributed by atoms with van der Waals surface area (Å²) in [5.41, 5.74) is 4.32. The molecule has 0 radical (unpaired) electrons. The number of aryl methyl sites for hydroxylation is 1. The Balaban J connectivity index is 1.80. The van der Waals surface area contributed by atoms with Crippen molar-refractivity contribution in [3.63, 3.8) is 0 Å². The van der Waals surface area contributed by atoms with Crippen LogP contribution in [0.3, 0.4) is 0 Å². The molecule has 0 atom stereocenters. The molecule has 0 saturated carbocycles. The molecule has 1 fully saturated rings. The largest absolute Gasteiger partial charge is 0.493 e. The minimum Gasteiger partial charge on any atom is -0.493 e. The average Bonchev–Trinajstić information content (AvgIpc) is 3.27. The average molecular weight is 450 g/mol. The van der Waals surface area contributed by atoms with E-state index in [1.807, 2.05) is 6.92 Å². The Labute approximate surface area is 181 Å². The second-order valence-electron chi connectivity index (χ2n) is 6.12. The van der Waals surface area contributed by atoms with Gasteiger partial charge in [0.1, 0.15) is 10.6 Å². The molecule has 0 unspecified atom stereocenters. The number of hydrazone groups is 1. The number of methoxy groups -OCH3 is 3. The van der Waals surface area contributed by atoms with E-state index in [2.05, 4.69) is 20.8 Å². The van der Waals surface area contributed by atoms with Crippen molar-refractivity contribution in [3.05, 3.63) is 33.2 Å². The van der Waals surface area contributed by atoms with Gasteiger partial charge in [-0.1, -0.05) is 5.10 Å². The Hall–Kier alpha value is -3.05. The minimum atomic E-state index is -0.273. The lowest BCUT2D eigenvalue weighted by Gasteiger charge is -2.12. The van der Waals surface area contributed by atoms with Crippen molar-refractivity contribution in [2.24, 2.45) is 5.10 Å². The van der Waals surface area contributed by atoms with Gasteiger partial charge in [-0.2, -0.15) is 0 Å². The molecule has 1 amide bonds. The number of nitrogens with one attached hydrogen (secondary N) is 3. The molecule has 2 aromatic rings. The maximum atomic E-state index is 12.3. The second-order valence-corrected chi connectivity index (χ2v) is 8.17. The number of amidine groups is 1. The highest BCUT2D eigenvalue weighted by atomic mass is 32.2. The van der Waals surface area contributed by atoms with Crippen LogP contribution in [0.15, 0.2) is 22.1 Å². The van der Waals surface area contributed by atoms with Crippen LogP contribution in [-0.2, 0) is 4.79 Å².